The number of benzene rings is 2. The van der Waals surface area contributed by atoms with Crippen molar-refractivity contribution in [2.45, 2.75) is 18.9 Å². The molecule has 0 spiro atoms. The highest BCUT2D eigenvalue weighted by molar-refractivity contribution is 7.10. The van der Waals surface area contributed by atoms with E-state index in [-0.39, 0.29) is 11.9 Å². The largest absolute Gasteiger partial charge is 0.486 e. The molecule has 2 aliphatic heterocycles. The monoisotopic (exact) mass is 444 g/mol. The van der Waals surface area contributed by atoms with E-state index in [0.717, 1.165) is 39.9 Å². The van der Waals surface area contributed by atoms with Crippen molar-refractivity contribution in [2.24, 2.45) is 7.05 Å². The lowest BCUT2D eigenvalue weighted by molar-refractivity contribution is 0.0664. The molecule has 0 saturated heterocycles. The van der Waals surface area contributed by atoms with E-state index in [4.69, 9.17) is 9.47 Å². The van der Waals surface area contributed by atoms with Crippen LogP contribution in [0.3, 0.4) is 0 Å². The SMILES string of the molecule is Cn1cc(C(=O)N2CCc3ccsc3C2Cc2cccc3c2OCCO3)c2ccccc21. The first-order valence-corrected chi connectivity index (χ1v) is 11.9. The van der Waals surface area contributed by atoms with Crippen molar-refractivity contribution in [1.82, 2.24) is 9.47 Å². The summed E-state index contributed by atoms with van der Waals surface area (Å²) in [5, 5.41) is 3.15. The fraction of sp³-hybridized carbons (Fsp3) is 0.269. The standard InChI is InChI=1S/C26H24N2O3S/c1-27-16-20(19-6-2-3-7-21(19)27)26(29)28-11-9-17-10-14-32-25(17)22(28)15-18-5-4-8-23-24(18)31-13-12-30-23/h2-8,10,14,16,22H,9,11-13,15H2,1H3. The van der Waals surface area contributed by atoms with Gasteiger partial charge in [-0.15, -0.1) is 11.3 Å². The maximum absolute atomic E-state index is 13.9. The molecule has 1 unspecified atom stereocenters. The minimum Gasteiger partial charge on any atom is -0.486 e. The number of amides is 1. The van der Waals surface area contributed by atoms with Gasteiger partial charge in [0.15, 0.2) is 11.5 Å². The molecule has 1 atom stereocenters. The number of fused-ring (bicyclic) bond motifs is 3. The number of hydrogen-bond donors (Lipinski definition) is 0. The highest BCUT2D eigenvalue weighted by Crippen LogP contribution is 2.41. The Hall–Kier alpha value is -3.25. The molecule has 32 heavy (non-hydrogen) atoms. The fourth-order valence-corrected chi connectivity index (χ4v) is 6.07. The molecule has 0 bridgehead atoms. The molecule has 0 saturated carbocycles. The van der Waals surface area contributed by atoms with Gasteiger partial charge >= 0.3 is 0 Å². The van der Waals surface area contributed by atoms with E-state index in [1.54, 1.807) is 11.3 Å². The molecule has 0 N–H and O–H groups in total. The van der Waals surface area contributed by atoms with Crippen molar-refractivity contribution in [3.05, 3.63) is 81.7 Å². The number of rotatable bonds is 3. The van der Waals surface area contributed by atoms with E-state index in [9.17, 15) is 4.79 Å². The first-order chi connectivity index (χ1) is 15.7. The van der Waals surface area contributed by atoms with Gasteiger partial charge in [0.25, 0.3) is 5.91 Å². The molecule has 5 nitrogen and oxygen atoms in total. The number of carbonyl (C=O) groups excluding carboxylic acids is 1. The molecule has 162 valence electrons. The predicted molar refractivity (Wildman–Crippen MR) is 126 cm³/mol. The first-order valence-electron chi connectivity index (χ1n) is 11.0. The molecular weight excluding hydrogens is 420 g/mol. The van der Waals surface area contributed by atoms with Gasteiger partial charge in [0.05, 0.1) is 11.6 Å². The van der Waals surface area contributed by atoms with Gasteiger partial charge in [0.1, 0.15) is 13.2 Å². The zero-order valence-electron chi connectivity index (χ0n) is 17.9. The number of nitrogens with zero attached hydrogens (tertiary/aromatic N) is 2. The zero-order chi connectivity index (χ0) is 21.7. The van der Waals surface area contributed by atoms with Crippen LogP contribution in [-0.2, 0) is 19.9 Å². The van der Waals surface area contributed by atoms with Crippen molar-refractivity contribution in [3.8, 4) is 11.5 Å². The maximum Gasteiger partial charge on any atom is 0.256 e. The third-order valence-corrected chi connectivity index (χ3v) is 7.59. The number of aryl methyl sites for hydroxylation is 1. The lowest BCUT2D eigenvalue weighted by atomic mass is 9.94. The Morgan fingerprint density at radius 1 is 1.09 bits per heavy atom. The Labute approximate surface area is 190 Å². The second kappa shape index (κ2) is 7.71. The van der Waals surface area contributed by atoms with Gasteiger partial charge in [-0.05, 0) is 35.6 Å². The topological polar surface area (TPSA) is 43.7 Å². The van der Waals surface area contributed by atoms with Gasteiger partial charge in [0, 0.05) is 47.6 Å². The molecule has 0 aliphatic carbocycles. The van der Waals surface area contributed by atoms with Gasteiger partial charge < -0.3 is 18.9 Å². The van der Waals surface area contributed by atoms with Crippen LogP contribution in [0.15, 0.2) is 60.1 Å². The van der Waals surface area contributed by atoms with E-state index in [2.05, 4.69) is 28.5 Å². The number of thiophene rings is 1. The Morgan fingerprint density at radius 2 is 1.97 bits per heavy atom. The molecule has 2 aromatic carbocycles. The smallest absolute Gasteiger partial charge is 0.256 e. The minimum atomic E-state index is -0.0257. The number of hydrogen-bond acceptors (Lipinski definition) is 4. The normalized spacial score (nSPS) is 17.4. The number of ether oxygens (including phenoxy) is 2. The van der Waals surface area contributed by atoms with Crippen molar-refractivity contribution >= 4 is 28.1 Å². The van der Waals surface area contributed by atoms with Crippen molar-refractivity contribution in [2.75, 3.05) is 19.8 Å². The van der Waals surface area contributed by atoms with E-state index in [1.165, 1.54) is 10.4 Å². The van der Waals surface area contributed by atoms with Crippen LogP contribution in [0.25, 0.3) is 10.9 Å². The Bertz CT molecular complexity index is 1320. The molecule has 0 radical (unpaired) electrons. The molecule has 4 aromatic rings. The lowest BCUT2D eigenvalue weighted by Gasteiger charge is -2.36. The third kappa shape index (κ3) is 3.09. The number of aromatic nitrogens is 1. The highest BCUT2D eigenvalue weighted by Gasteiger charge is 2.34. The summed E-state index contributed by atoms with van der Waals surface area (Å²) in [5.41, 5.74) is 4.28. The fourth-order valence-electron chi connectivity index (χ4n) is 5.00. The summed E-state index contributed by atoms with van der Waals surface area (Å²) in [4.78, 5) is 17.2. The number of para-hydroxylation sites is 2. The Morgan fingerprint density at radius 3 is 2.91 bits per heavy atom. The van der Waals surface area contributed by atoms with Gasteiger partial charge in [0.2, 0.25) is 0 Å². The molecule has 6 rings (SSSR count). The van der Waals surface area contributed by atoms with Crippen LogP contribution in [0.1, 0.15) is 32.4 Å². The van der Waals surface area contributed by atoms with Crippen molar-refractivity contribution in [3.63, 3.8) is 0 Å². The van der Waals surface area contributed by atoms with Crippen molar-refractivity contribution in [1.29, 1.82) is 0 Å². The van der Waals surface area contributed by atoms with Crippen LogP contribution < -0.4 is 9.47 Å². The van der Waals surface area contributed by atoms with Gasteiger partial charge in [-0.25, -0.2) is 0 Å². The molecular formula is C26H24N2O3S. The van der Waals surface area contributed by atoms with Gasteiger partial charge in [-0.2, -0.15) is 0 Å². The molecule has 2 aliphatic rings. The van der Waals surface area contributed by atoms with Crippen LogP contribution in [0.5, 0.6) is 11.5 Å². The summed E-state index contributed by atoms with van der Waals surface area (Å²) in [6, 6.07) is 16.3. The third-order valence-electron chi connectivity index (χ3n) is 6.53. The van der Waals surface area contributed by atoms with Crippen LogP contribution >= 0.6 is 11.3 Å². The summed E-state index contributed by atoms with van der Waals surface area (Å²) in [6.07, 6.45) is 3.56. The van der Waals surface area contributed by atoms with Gasteiger partial charge in [-0.3, -0.25) is 4.79 Å². The van der Waals surface area contributed by atoms with Crippen LogP contribution in [0.2, 0.25) is 0 Å². The second-order valence-corrected chi connectivity index (χ2v) is 9.34. The average Bonchev–Trinajstić information content (AvgIpc) is 3.44. The van der Waals surface area contributed by atoms with E-state index < -0.39 is 0 Å². The summed E-state index contributed by atoms with van der Waals surface area (Å²) in [7, 11) is 2.00. The Balaban J connectivity index is 1.41. The Kier molecular flexibility index (Phi) is 4.68. The van der Waals surface area contributed by atoms with Gasteiger partial charge in [-0.1, -0.05) is 30.3 Å². The first kappa shape index (κ1) is 19.4. The van der Waals surface area contributed by atoms with Crippen LogP contribution in [0, 0.1) is 0 Å². The molecule has 0 fully saturated rings. The van der Waals surface area contributed by atoms with Crippen LogP contribution in [-0.4, -0.2) is 35.1 Å². The molecule has 2 aromatic heterocycles. The van der Waals surface area contributed by atoms with E-state index in [0.29, 0.717) is 26.2 Å². The zero-order valence-corrected chi connectivity index (χ0v) is 18.7. The summed E-state index contributed by atoms with van der Waals surface area (Å²) >= 11 is 1.74. The summed E-state index contributed by atoms with van der Waals surface area (Å²) in [6.45, 7) is 1.83. The minimum absolute atomic E-state index is 0.0257. The molecule has 6 heteroatoms. The van der Waals surface area contributed by atoms with E-state index >= 15 is 0 Å². The maximum atomic E-state index is 13.9. The quantitative estimate of drug-likeness (QED) is 0.447. The van der Waals surface area contributed by atoms with E-state index in [1.807, 2.05) is 48.1 Å². The van der Waals surface area contributed by atoms with Crippen LogP contribution in [0.4, 0.5) is 0 Å². The predicted octanol–water partition coefficient (Wildman–Crippen LogP) is 4.99. The second-order valence-electron chi connectivity index (χ2n) is 8.39. The molecule has 1 amide bonds. The molecule has 4 heterocycles. The average molecular weight is 445 g/mol. The van der Waals surface area contributed by atoms with Crippen molar-refractivity contribution < 1.29 is 14.3 Å². The lowest BCUT2D eigenvalue weighted by Crippen LogP contribution is -2.40. The summed E-state index contributed by atoms with van der Waals surface area (Å²) < 4.78 is 13.8. The highest BCUT2D eigenvalue weighted by atomic mass is 32.1. The summed E-state index contributed by atoms with van der Waals surface area (Å²) in [5.74, 6) is 1.70. The number of carbonyl (C=O) groups is 1.